The number of benzene rings is 2. The van der Waals surface area contributed by atoms with Crippen LogP contribution < -0.4 is 20.3 Å². The van der Waals surface area contributed by atoms with Crippen LogP contribution in [-0.2, 0) is 14.4 Å². The molecule has 1 heterocycles. The molecule has 0 radical (unpaired) electrons. The van der Waals surface area contributed by atoms with Crippen molar-refractivity contribution in [1.82, 2.24) is 5.32 Å². The van der Waals surface area contributed by atoms with E-state index in [4.69, 9.17) is 4.74 Å². The normalized spacial score (nSPS) is 15.5. The SMILES string of the molecule is Cc1cccc(NC(=O)CNC(=O)CN2C(=O)C(C)Oc3ccccc32)c1C. The van der Waals surface area contributed by atoms with Gasteiger partial charge in [0.1, 0.15) is 12.3 Å². The summed E-state index contributed by atoms with van der Waals surface area (Å²) in [6.45, 7) is 5.17. The Labute approximate surface area is 163 Å². The lowest BCUT2D eigenvalue weighted by atomic mass is 10.1. The van der Waals surface area contributed by atoms with Crippen LogP contribution in [0.3, 0.4) is 0 Å². The lowest BCUT2D eigenvalue weighted by Crippen LogP contribution is -2.49. The second-order valence-electron chi connectivity index (χ2n) is 6.72. The first-order chi connectivity index (χ1) is 13.4. The number of nitrogens with one attached hydrogen (secondary N) is 2. The zero-order valence-corrected chi connectivity index (χ0v) is 16.1. The van der Waals surface area contributed by atoms with Gasteiger partial charge >= 0.3 is 0 Å². The molecule has 0 aromatic heterocycles. The third-order valence-corrected chi connectivity index (χ3v) is 4.70. The number of hydrogen-bond donors (Lipinski definition) is 2. The first-order valence-electron chi connectivity index (χ1n) is 9.06. The lowest BCUT2D eigenvalue weighted by Gasteiger charge is -2.32. The van der Waals surface area contributed by atoms with E-state index in [0.29, 0.717) is 17.1 Å². The van der Waals surface area contributed by atoms with Gasteiger partial charge in [-0.3, -0.25) is 19.3 Å². The Kier molecular flexibility index (Phi) is 5.63. The molecule has 0 saturated carbocycles. The third-order valence-electron chi connectivity index (χ3n) is 4.70. The summed E-state index contributed by atoms with van der Waals surface area (Å²) in [7, 11) is 0. The van der Waals surface area contributed by atoms with Crippen molar-refractivity contribution < 1.29 is 19.1 Å². The smallest absolute Gasteiger partial charge is 0.268 e. The number of nitrogens with zero attached hydrogens (tertiary/aromatic N) is 1. The minimum absolute atomic E-state index is 0.179. The fraction of sp³-hybridized carbons (Fsp3) is 0.286. The summed E-state index contributed by atoms with van der Waals surface area (Å²) in [6, 6.07) is 12.7. The molecule has 2 N–H and O–H groups in total. The van der Waals surface area contributed by atoms with Gasteiger partial charge in [0, 0.05) is 5.69 Å². The molecule has 1 aliphatic heterocycles. The van der Waals surface area contributed by atoms with Gasteiger partial charge in [0.05, 0.1) is 12.2 Å². The first-order valence-corrected chi connectivity index (χ1v) is 9.06. The zero-order chi connectivity index (χ0) is 20.3. The Morgan fingerprint density at radius 3 is 2.61 bits per heavy atom. The highest BCUT2D eigenvalue weighted by molar-refractivity contribution is 6.04. The Morgan fingerprint density at radius 1 is 1.07 bits per heavy atom. The van der Waals surface area contributed by atoms with Crippen molar-refractivity contribution in [1.29, 1.82) is 0 Å². The van der Waals surface area contributed by atoms with Crippen LogP contribution in [0.4, 0.5) is 11.4 Å². The van der Waals surface area contributed by atoms with Crippen molar-refractivity contribution in [3.63, 3.8) is 0 Å². The maximum atomic E-state index is 12.4. The summed E-state index contributed by atoms with van der Waals surface area (Å²) >= 11 is 0. The number of carbonyl (C=O) groups excluding carboxylic acids is 3. The molecule has 1 aliphatic rings. The summed E-state index contributed by atoms with van der Waals surface area (Å²) in [5.41, 5.74) is 3.30. The molecule has 3 amide bonds. The molecule has 1 atom stereocenters. The number of rotatable bonds is 5. The highest BCUT2D eigenvalue weighted by Crippen LogP contribution is 2.33. The Bertz CT molecular complexity index is 926. The number of aryl methyl sites for hydroxylation is 1. The van der Waals surface area contributed by atoms with E-state index in [1.165, 1.54) is 4.90 Å². The number of fused-ring (bicyclic) bond motifs is 1. The second kappa shape index (κ2) is 8.12. The van der Waals surface area contributed by atoms with Crippen molar-refractivity contribution in [3.05, 3.63) is 53.6 Å². The van der Waals surface area contributed by atoms with Gasteiger partial charge in [-0.1, -0.05) is 24.3 Å². The highest BCUT2D eigenvalue weighted by atomic mass is 16.5. The lowest BCUT2D eigenvalue weighted by molar-refractivity contribution is -0.128. The molecule has 1 unspecified atom stereocenters. The number of hydrogen-bond acceptors (Lipinski definition) is 4. The molecule has 0 aliphatic carbocycles. The topological polar surface area (TPSA) is 87.7 Å². The Hall–Kier alpha value is -3.35. The predicted octanol–water partition coefficient (Wildman–Crippen LogP) is 2.17. The molecule has 3 rings (SSSR count). The fourth-order valence-corrected chi connectivity index (χ4v) is 2.98. The van der Waals surface area contributed by atoms with Crippen LogP contribution in [0, 0.1) is 13.8 Å². The molecule has 7 nitrogen and oxygen atoms in total. The van der Waals surface area contributed by atoms with Crippen molar-refractivity contribution >= 4 is 29.1 Å². The molecule has 0 spiro atoms. The van der Waals surface area contributed by atoms with Gasteiger partial charge in [-0.2, -0.15) is 0 Å². The first kappa shape index (κ1) is 19.4. The van der Waals surface area contributed by atoms with Crippen LogP contribution in [0.25, 0.3) is 0 Å². The average Bonchev–Trinajstić information content (AvgIpc) is 2.67. The van der Waals surface area contributed by atoms with E-state index in [-0.39, 0.29) is 24.9 Å². The summed E-state index contributed by atoms with van der Waals surface area (Å²) in [5.74, 6) is -0.499. The van der Waals surface area contributed by atoms with Crippen LogP contribution in [0.1, 0.15) is 18.1 Å². The van der Waals surface area contributed by atoms with E-state index in [9.17, 15) is 14.4 Å². The summed E-state index contributed by atoms with van der Waals surface area (Å²) in [4.78, 5) is 38.3. The van der Waals surface area contributed by atoms with Crippen LogP contribution >= 0.6 is 0 Å². The van der Waals surface area contributed by atoms with E-state index in [2.05, 4.69) is 10.6 Å². The Morgan fingerprint density at radius 2 is 1.82 bits per heavy atom. The average molecular weight is 381 g/mol. The van der Waals surface area contributed by atoms with Crippen molar-refractivity contribution in [2.24, 2.45) is 0 Å². The van der Waals surface area contributed by atoms with Crippen LogP contribution in [-0.4, -0.2) is 36.9 Å². The maximum absolute atomic E-state index is 12.4. The predicted molar refractivity (Wildman–Crippen MR) is 106 cm³/mol. The van der Waals surface area contributed by atoms with Gasteiger partial charge in [-0.05, 0) is 50.1 Å². The van der Waals surface area contributed by atoms with Gasteiger partial charge in [-0.25, -0.2) is 0 Å². The van der Waals surface area contributed by atoms with Crippen molar-refractivity contribution in [3.8, 4) is 5.75 Å². The monoisotopic (exact) mass is 381 g/mol. The van der Waals surface area contributed by atoms with Gasteiger partial charge in [0.2, 0.25) is 11.8 Å². The number of amides is 3. The van der Waals surface area contributed by atoms with Gasteiger partial charge in [0.15, 0.2) is 6.10 Å². The quantitative estimate of drug-likeness (QED) is 0.831. The Balaban J connectivity index is 1.59. The highest BCUT2D eigenvalue weighted by Gasteiger charge is 2.32. The van der Waals surface area contributed by atoms with Crippen molar-refractivity contribution in [2.45, 2.75) is 26.9 Å². The molecule has 2 aromatic carbocycles. The minimum Gasteiger partial charge on any atom is -0.479 e. The van der Waals surface area contributed by atoms with E-state index < -0.39 is 12.0 Å². The van der Waals surface area contributed by atoms with Crippen LogP contribution in [0.15, 0.2) is 42.5 Å². The number of carbonyl (C=O) groups is 3. The molecule has 2 aromatic rings. The summed E-state index contributed by atoms with van der Waals surface area (Å²) < 4.78 is 5.55. The molecule has 0 fully saturated rings. The third kappa shape index (κ3) is 4.14. The van der Waals surface area contributed by atoms with E-state index >= 15 is 0 Å². The summed E-state index contributed by atoms with van der Waals surface area (Å²) in [5, 5.41) is 5.35. The molecule has 146 valence electrons. The molecular formula is C21H23N3O4. The fourth-order valence-electron chi connectivity index (χ4n) is 2.98. The second-order valence-corrected chi connectivity index (χ2v) is 6.72. The zero-order valence-electron chi connectivity index (χ0n) is 16.1. The maximum Gasteiger partial charge on any atom is 0.268 e. The van der Waals surface area contributed by atoms with Crippen LogP contribution in [0.2, 0.25) is 0 Å². The van der Waals surface area contributed by atoms with Gasteiger partial charge in [0.25, 0.3) is 5.91 Å². The number of anilines is 2. The molecule has 0 bridgehead atoms. The van der Waals surface area contributed by atoms with E-state index in [1.807, 2.05) is 32.0 Å². The molecule has 0 saturated heterocycles. The molecule has 28 heavy (non-hydrogen) atoms. The number of para-hydroxylation sites is 2. The molecule has 7 heteroatoms. The standard InChI is InChI=1S/C21H23N3O4/c1-13-7-6-8-16(14(13)2)23-19(25)11-22-20(26)12-24-17-9-4-5-10-18(17)28-15(3)21(24)27/h4-10,15H,11-12H2,1-3H3,(H,22,26)(H,23,25). The van der Waals surface area contributed by atoms with Crippen molar-refractivity contribution in [2.75, 3.05) is 23.3 Å². The largest absolute Gasteiger partial charge is 0.479 e. The van der Waals surface area contributed by atoms with Gasteiger partial charge < -0.3 is 15.4 Å². The summed E-state index contributed by atoms with van der Waals surface area (Å²) in [6.07, 6.45) is -0.671. The van der Waals surface area contributed by atoms with E-state index in [0.717, 1.165) is 11.1 Å². The molecular weight excluding hydrogens is 358 g/mol. The number of ether oxygens (including phenoxy) is 1. The van der Waals surface area contributed by atoms with Crippen LogP contribution in [0.5, 0.6) is 5.75 Å². The van der Waals surface area contributed by atoms with Gasteiger partial charge in [-0.15, -0.1) is 0 Å². The minimum atomic E-state index is -0.671. The van der Waals surface area contributed by atoms with E-state index in [1.54, 1.807) is 31.2 Å².